The number of rotatable bonds is 3. The summed E-state index contributed by atoms with van der Waals surface area (Å²) in [4.78, 5) is 14.4. The maximum atomic E-state index is 14.0. The number of hydrogen-bond donors (Lipinski definition) is 1. The molecule has 0 saturated carbocycles. The number of ether oxygens (including phenoxy) is 1. The minimum Gasteiger partial charge on any atom is -0.370 e. The normalized spacial score (nSPS) is 19.1. The smallest absolute Gasteiger partial charge is 0.244 e. The molecule has 1 aliphatic rings. The molecule has 1 heterocycles. The highest BCUT2D eigenvalue weighted by Crippen LogP contribution is 2.26. The van der Waals surface area contributed by atoms with Crippen molar-refractivity contribution < 1.29 is 13.9 Å². The molecule has 4 nitrogen and oxygen atoms in total. The summed E-state index contributed by atoms with van der Waals surface area (Å²) < 4.78 is 19.6. The van der Waals surface area contributed by atoms with E-state index in [1.165, 1.54) is 6.07 Å². The van der Waals surface area contributed by atoms with Gasteiger partial charge in [-0.25, -0.2) is 4.39 Å². The summed E-state index contributed by atoms with van der Waals surface area (Å²) in [6, 6.07) is 13.4. The molecule has 24 heavy (non-hydrogen) atoms. The summed E-state index contributed by atoms with van der Waals surface area (Å²) in [7, 11) is 0. The summed E-state index contributed by atoms with van der Waals surface area (Å²) >= 11 is 0. The molecule has 5 heteroatoms. The fraction of sp³-hybridized carbons (Fsp3) is 0.316. The fourth-order valence-electron chi connectivity index (χ4n) is 2.89. The van der Waals surface area contributed by atoms with E-state index in [1.54, 1.807) is 23.1 Å². The van der Waals surface area contributed by atoms with E-state index in [0.717, 1.165) is 11.1 Å². The Morgan fingerprint density at radius 1 is 1.25 bits per heavy atom. The summed E-state index contributed by atoms with van der Waals surface area (Å²) in [6.07, 6.45) is -0.464. The second-order valence-electron chi connectivity index (χ2n) is 6.05. The van der Waals surface area contributed by atoms with Crippen LogP contribution in [0.5, 0.6) is 0 Å². The third kappa shape index (κ3) is 3.47. The van der Waals surface area contributed by atoms with Crippen LogP contribution >= 0.6 is 0 Å². The van der Waals surface area contributed by atoms with Crippen LogP contribution in [0.4, 0.5) is 4.39 Å². The molecule has 1 fully saturated rings. The Bertz CT molecular complexity index is 718. The molecule has 2 atom stereocenters. The SMILES string of the molecule is Cc1ccc(C(N)C(=O)N2CCOC(c3ccccc3F)C2)cc1. The van der Waals surface area contributed by atoms with Crippen molar-refractivity contribution in [3.8, 4) is 0 Å². The molecule has 2 aromatic rings. The Labute approximate surface area is 141 Å². The van der Waals surface area contributed by atoms with E-state index in [-0.39, 0.29) is 11.7 Å². The van der Waals surface area contributed by atoms with Crippen molar-refractivity contribution in [2.24, 2.45) is 5.73 Å². The van der Waals surface area contributed by atoms with Crippen molar-refractivity contribution in [1.82, 2.24) is 4.90 Å². The maximum absolute atomic E-state index is 14.0. The van der Waals surface area contributed by atoms with Gasteiger partial charge in [0.05, 0.1) is 13.2 Å². The van der Waals surface area contributed by atoms with E-state index < -0.39 is 12.1 Å². The molecule has 1 aliphatic heterocycles. The Balaban J connectivity index is 1.73. The Kier molecular flexibility index (Phi) is 4.92. The average molecular weight is 328 g/mol. The molecule has 0 spiro atoms. The molecule has 0 aliphatic carbocycles. The monoisotopic (exact) mass is 328 g/mol. The second-order valence-corrected chi connectivity index (χ2v) is 6.05. The number of carbonyl (C=O) groups excluding carboxylic acids is 1. The van der Waals surface area contributed by atoms with Crippen LogP contribution in [0, 0.1) is 12.7 Å². The second kappa shape index (κ2) is 7.11. The molecule has 1 amide bonds. The van der Waals surface area contributed by atoms with Crippen LogP contribution in [0.3, 0.4) is 0 Å². The topological polar surface area (TPSA) is 55.6 Å². The van der Waals surface area contributed by atoms with Gasteiger partial charge in [-0.1, -0.05) is 48.0 Å². The van der Waals surface area contributed by atoms with Crippen molar-refractivity contribution in [1.29, 1.82) is 0 Å². The molecule has 1 saturated heterocycles. The van der Waals surface area contributed by atoms with E-state index in [0.29, 0.717) is 25.3 Å². The predicted molar refractivity (Wildman–Crippen MR) is 89.8 cm³/mol. The van der Waals surface area contributed by atoms with Crippen molar-refractivity contribution >= 4 is 5.91 Å². The number of hydrogen-bond acceptors (Lipinski definition) is 3. The van der Waals surface area contributed by atoms with E-state index in [4.69, 9.17) is 10.5 Å². The van der Waals surface area contributed by atoms with Crippen molar-refractivity contribution in [2.75, 3.05) is 19.7 Å². The van der Waals surface area contributed by atoms with E-state index in [1.807, 2.05) is 31.2 Å². The zero-order chi connectivity index (χ0) is 17.1. The van der Waals surface area contributed by atoms with Gasteiger partial charge in [0.1, 0.15) is 18.0 Å². The largest absolute Gasteiger partial charge is 0.370 e. The number of benzene rings is 2. The van der Waals surface area contributed by atoms with Crippen molar-refractivity contribution in [3.05, 3.63) is 71.0 Å². The number of nitrogens with two attached hydrogens (primary N) is 1. The Morgan fingerprint density at radius 2 is 1.96 bits per heavy atom. The van der Waals surface area contributed by atoms with E-state index in [2.05, 4.69) is 0 Å². The van der Waals surface area contributed by atoms with Crippen LogP contribution in [-0.4, -0.2) is 30.5 Å². The van der Waals surface area contributed by atoms with Gasteiger partial charge >= 0.3 is 0 Å². The Hall–Kier alpha value is -2.24. The Morgan fingerprint density at radius 3 is 2.67 bits per heavy atom. The van der Waals surface area contributed by atoms with E-state index in [9.17, 15) is 9.18 Å². The van der Waals surface area contributed by atoms with Crippen LogP contribution < -0.4 is 5.73 Å². The van der Waals surface area contributed by atoms with E-state index >= 15 is 0 Å². The standard InChI is InChI=1S/C19H21FN2O2/c1-13-6-8-14(9-7-13)18(21)19(23)22-10-11-24-17(12-22)15-4-2-3-5-16(15)20/h2-9,17-18H,10-12,21H2,1H3. The molecular formula is C19H21FN2O2. The molecule has 126 valence electrons. The van der Waals surface area contributed by atoms with Crippen molar-refractivity contribution in [3.63, 3.8) is 0 Å². The van der Waals surface area contributed by atoms with Gasteiger partial charge in [0.25, 0.3) is 0 Å². The highest BCUT2D eigenvalue weighted by molar-refractivity contribution is 5.83. The number of aryl methyl sites for hydroxylation is 1. The lowest BCUT2D eigenvalue weighted by molar-refractivity contribution is -0.140. The third-order valence-electron chi connectivity index (χ3n) is 4.33. The number of carbonyl (C=O) groups is 1. The zero-order valence-electron chi connectivity index (χ0n) is 13.6. The van der Waals surface area contributed by atoms with Gasteiger partial charge in [-0.3, -0.25) is 4.79 Å². The zero-order valence-corrected chi connectivity index (χ0v) is 13.6. The van der Waals surface area contributed by atoms with Crippen LogP contribution in [0.15, 0.2) is 48.5 Å². The molecule has 2 N–H and O–H groups in total. The first-order chi connectivity index (χ1) is 11.6. The molecule has 2 aromatic carbocycles. The first-order valence-corrected chi connectivity index (χ1v) is 8.03. The van der Waals surface area contributed by atoms with Crippen LogP contribution in [0.25, 0.3) is 0 Å². The predicted octanol–water partition coefficient (Wildman–Crippen LogP) is 2.73. The highest BCUT2D eigenvalue weighted by Gasteiger charge is 2.30. The van der Waals surface area contributed by atoms with Crippen molar-refractivity contribution in [2.45, 2.75) is 19.1 Å². The fourth-order valence-corrected chi connectivity index (χ4v) is 2.89. The van der Waals surface area contributed by atoms with Gasteiger partial charge in [-0.15, -0.1) is 0 Å². The van der Waals surface area contributed by atoms with Gasteiger partial charge in [0.15, 0.2) is 0 Å². The number of morpholine rings is 1. The van der Waals surface area contributed by atoms with Gasteiger partial charge in [-0.05, 0) is 18.6 Å². The summed E-state index contributed by atoms with van der Waals surface area (Å²) in [6.45, 7) is 3.12. The summed E-state index contributed by atoms with van der Waals surface area (Å²) in [5.41, 5.74) is 8.49. The lowest BCUT2D eigenvalue weighted by Gasteiger charge is -2.34. The lowest BCUT2D eigenvalue weighted by Crippen LogP contribution is -2.46. The first-order valence-electron chi connectivity index (χ1n) is 8.03. The minimum absolute atomic E-state index is 0.163. The van der Waals surface area contributed by atoms with Gasteiger partial charge < -0.3 is 15.4 Å². The van der Waals surface area contributed by atoms with Gasteiger partial charge in [0.2, 0.25) is 5.91 Å². The summed E-state index contributed by atoms with van der Waals surface area (Å²) in [5.74, 6) is -0.483. The summed E-state index contributed by atoms with van der Waals surface area (Å²) in [5, 5.41) is 0. The highest BCUT2D eigenvalue weighted by atomic mass is 19.1. The molecule has 2 unspecified atom stereocenters. The molecule has 3 rings (SSSR count). The maximum Gasteiger partial charge on any atom is 0.244 e. The quantitative estimate of drug-likeness (QED) is 0.942. The minimum atomic E-state index is -0.718. The average Bonchev–Trinajstić information content (AvgIpc) is 2.61. The molecular weight excluding hydrogens is 307 g/mol. The van der Waals surface area contributed by atoms with Gasteiger partial charge in [0, 0.05) is 12.1 Å². The molecule has 0 radical (unpaired) electrons. The third-order valence-corrected chi connectivity index (χ3v) is 4.33. The van der Waals surface area contributed by atoms with Crippen LogP contribution in [0.2, 0.25) is 0 Å². The number of amides is 1. The molecule has 0 bridgehead atoms. The first kappa shape index (κ1) is 16.6. The van der Waals surface area contributed by atoms with Crippen LogP contribution in [0.1, 0.15) is 28.8 Å². The number of halogens is 1. The van der Waals surface area contributed by atoms with Crippen LogP contribution in [-0.2, 0) is 9.53 Å². The number of nitrogens with zero attached hydrogens (tertiary/aromatic N) is 1. The molecule has 0 aromatic heterocycles. The van der Waals surface area contributed by atoms with Gasteiger partial charge in [-0.2, -0.15) is 0 Å². The lowest BCUT2D eigenvalue weighted by atomic mass is 10.0.